The van der Waals surface area contributed by atoms with Gasteiger partial charge in [0.2, 0.25) is 12.3 Å². The van der Waals surface area contributed by atoms with Crippen molar-refractivity contribution in [1.29, 1.82) is 0 Å². The first-order valence-corrected chi connectivity index (χ1v) is 8.85. The van der Waals surface area contributed by atoms with Gasteiger partial charge in [-0.3, -0.25) is 14.5 Å². The molecule has 3 heterocycles. The molecule has 1 unspecified atom stereocenters. The van der Waals surface area contributed by atoms with Crippen molar-refractivity contribution in [3.63, 3.8) is 0 Å². The Balaban J connectivity index is 1.47. The molecule has 1 aliphatic rings. The predicted octanol–water partition coefficient (Wildman–Crippen LogP) is 0.776. The summed E-state index contributed by atoms with van der Waals surface area (Å²) < 4.78 is 1.47. The zero-order valence-electron chi connectivity index (χ0n) is 15.9. The number of hydrogen-bond acceptors (Lipinski definition) is 7. The van der Waals surface area contributed by atoms with Crippen molar-refractivity contribution in [2.24, 2.45) is 0 Å². The second-order valence-electron chi connectivity index (χ2n) is 6.64. The summed E-state index contributed by atoms with van der Waals surface area (Å²) in [4.78, 5) is 39.9. The molecule has 0 saturated carbocycles. The standard InChI is InChI=1S/C19H19N7O3/c1-24-17-16(18(28)25(2)19(24)29)26(11-22-17)9-15(27)23-13-5-3-12(4-6-13)14-7-8-20-10-21-14/h3-8,10-11,19,29H,9H2,1-2H3,(H,23,27). The van der Waals surface area contributed by atoms with E-state index in [-0.39, 0.29) is 18.1 Å². The lowest BCUT2D eigenvalue weighted by atomic mass is 10.1. The summed E-state index contributed by atoms with van der Waals surface area (Å²) in [5, 5.41) is 12.9. The second kappa shape index (κ2) is 7.32. The smallest absolute Gasteiger partial charge is 0.277 e. The summed E-state index contributed by atoms with van der Waals surface area (Å²) in [5.41, 5.74) is 2.58. The van der Waals surface area contributed by atoms with Crippen LogP contribution in [0.1, 0.15) is 10.5 Å². The third kappa shape index (κ3) is 3.41. The number of fused-ring (bicyclic) bond motifs is 1. The fraction of sp³-hybridized carbons (Fsp3) is 0.211. The Kier molecular flexibility index (Phi) is 4.69. The van der Waals surface area contributed by atoms with Gasteiger partial charge in [-0.2, -0.15) is 0 Å². The van der Waals surface area contributed by atoms with Crippen LogP contribution in [0.5, 0.6) is 0 Å². The minimum absolute atomic E-state index is 0.0838. The molecule has 1 atom stereocenters. The lowest BCUT2D eigenvalue weighted by molar-refractivity contribution is -0.116. The van der Waals surface area contributed by atoms with Crippen LogP contribution in [0.3, 0.4) is 0 Å². The van der Waals surface area contributed by atoms with Crippen LogP contribution in [0.4, 0.5) is 11.5 Å². The highest BCUT2D eigenvalue weighted by Gasteiger charge is 2.36. The number of nitrogens with zero attached hydrogens (tertiary/aromatic N) is 6. The van der Waals surface area contributed by atoms with Gasteiger partial charge in [-0.05, 0) is 18.2 Å². The molecule has 0 saturated heterocycles. The molecule has 10 nitrogen and oxygen atoms in total. The molecule has 2 amide bonds. The van der Waals surface area contributed by atoms with E-state index in [0.29, 0.717) is 11.5 Å². The van der Waals surface area contributed by atoms with Crippen LogP contribution < -0.4 is 10.2 Å². The number of rotatable bonds is 4. The minimum Gasteiger partial charge on any atom is -0.356 e. The Morgan fingerprint density at radius 3 is 2.59 bits per heavy atom. The topological polar surface area (TPSA) is 116 Å². The third-order valence-corrected chi connectivity index (χ3v) is 4.73. The summed E-state index contributed by atoms with van der Waals surface area (Å²) in [7, 11) is 3.12. The molecule has 0 fully saturated rings. The first kappa shape index (κ1) is 18.6. The fourth-order valence-electron chi connectivity index (χ4n) is 3.15. The number of carbonyl (C=O) groups is 2. The third-order valence-electron chi connectivity index (χ3n) is 4.73. The maximum absolute atomic E-state index is 12.5. The van der Waals surface area contributed by atoms with Gasteiger partial charge >= 0.3 is 0 Å². The van der Waals surface area contributed by atoms with E-state index in [9.17, 15) is 14.7 Å². The van der Waals surface area contributed by atoms with Crippen LogP contribution in [0.2, 0.25) is 0 Å². The largest absolute Gasteiger partial charge is 0.356 e. The number of anilines is 2. The Hall–Kier alpha value is -3.79. The summed E-state index contributed by atoms with van der Waals surface area (Å²) in [6.07, 6.45) is 3.47. The van der Waals surface area contributed by atoms with Crippen molar-refractivity contribution in [3.05, 3.63) is 54.9 Å². The van der Waals surface area contributed by atoms with Crippen molar-refractivity contribution in [3.8, 4) is 11.3 Å². The second-order valence-corrected chi connectivity index (χ2v) is 6.64. The van der Waals surface area contributed by atoms with Crippen LogP contribution in [0.25, 0.3) is 11.3 Å². The van der Waals surface area contributed by atoms with E-state index < -0.39 is 12.3 Å². The van der Waals surface area contributed by atoms with Crippen LogP contribution in [-0.2, 0) is 11.3 Å². The molecule has 0 aliphatic carbocycles. The van der Waals surface area contributed by atoms with Gasteiger partial charge in [0.25, 0.3) is 5.91 Å². The van der Waals surface area contributed by atoms with Gasteiger partial charge in [0.1, 0.15) is 12.9 Å². The lowest BCUT2D eigenvalue weighted by Crippen LogP contribution is -2.52. The zero-order valence-corrected chi connectivity index (χ0v) is 15.9. The van der Waals surface area contributed by atoms with E-state index in [1.54, 1.807) is 31.4 Å². The average molecular weight is 393 g/mol. The normalized spacial score (nSPS) is 16.0. The molecule has 1 aromatic carbocycles. The first-order chi connectivity index (χ1) is 14.0. The number of carbonyl (C=O) groups excluding carboxylic acids is 2. The zero-order chi connectivity index (χ0) is 20.5. The number of nitrogens with one attached hydrogen (secondary N) is 1. The summed E-state index contributed by atoms with van der Waals surface area (Å²) in [6.45, 7) is -0.0838. The van der Waals surface area contributed by atoms with Crippen molar-refractivity contribution >= 4 is 23.3 Å². The number of imidazole rings is 1. The van der Waals surface area contributed by atoms with Crippen molar-refractivity contribution in [2.75, 3.05) is 24.3 Å². The molecule has 29 heavy (non-hydrogen) atoms. The summed E-state index contributed by atoms with van der Waals surface area (Å²) in [6, 6.07) is 9.07. The average Bonchev–Trinajstić information content (AvgIpc) is 3.15. The quantitative estimate of drug-likeness (QED) is 0.673. The van der Waals surface area contributed by atoms with E-state index >= 15 is 0 Å². The van der Waals surface area contributed by atoms with Gasteiger partial charge in [0.15, 0.2) is 11.5 Å². The van der Waals surface area contributed by atoms with E-state index in [2.05, 4.69) is 20.3 Å². The van der Waals surface area contributed by atoms with Crippen LogP contribution in [0, 0.1) is 0 Å². The van der Waals surface area contributed by atoms with Crippen LogP contribution in [-0.4, -0.2) is 61.8 Å². The molecule has 1 aliphatic heterocycles. The fourth-order valence-corrected chi connectivity index (χ4v) is 3.15. The number of amides is 2. The predicted molar refractivity (Wildman–Crippen MR) is 105 cm³/mol. The summed E-state index contributed by atoms with van der Waals surface area (Å²) >= 11 is 0. The number of hydrogen-bond donors (Lipinski definition) is 2. The molecule has 4 rings (SSSR count). The van der Waals surface area contributed by atoms with E-state index in [1.165, 1.54) is 34.1 Å². The molecule has 0 bridgehead atoms. The maximum atomic E-state index is 12.5. The van der Waals surface area contributed by atoms with Crippen molar-refractivity contribution in [2.45, 2.75) is 12.9 Å². The molecule has 0 radical (unpaired) electrons. The molecule has 2 N–H and O–H groups in total. The lowest BCUT2D eigenvalue weighted by Gasteiger charge is -2.36. The number of benzene rings is 1. The van der Waals surface area contributed by atoms with Gasteiger partial charge in [-0.1, -0.05) is 12.1 Å². The molecule has 10 heteroatoms. The molecular formula is C19H19N7O3. The first-order valence-electron chi connectivity index (χ1n) is 8.85. The maximum Gasteiger partial charge on any atom is 0.277 e. The van der Waals surface area contributed by atoms with Gasteiger partial charge in [-0.15, -0.1) is 0 Å². The van der Waals surface area contributed by atoms with Gasteiger partial charge < -0.3 is 19.9 Å². The van der Waals surface area contributed by atoms with Gasteiger partial charge in [0, 0.05) is 31.5 Å². The van der Waals surface area contributed by atoms with Crippen LogP contribution in [0.15, 0.2) is 49.2 Å². The number of aliphatic hydroxyl groups excluding tert-OH is 1. The van der Waals surface area contributed by atoms with Crippen molar-refractivity contribution in [1.82, 2.24) is 24.4 Å². The minimum atomic E-state index is -1.10. The highest BCUT2D eigenvalue weighted by atomic mass is 16.3. The molecule has 2 aromatic heterocycles. The molecular weight excluding hydrogens is 374 g/mol. The molecule has 3 aromatic rings. The Labute approximate surface area is 166 Å². The van der Waals surface area contributed by atoms with E-state index in [0.717, 1.165) is 11.3 Å². The highest BCUT2D eigenvalue weighted by molar-refractivity contribution is 6.00. The Morgan fingerprint density at radius 1 is 1.14 bits per heavy atom. The van der Waals surface area contributed by atoms with Gasteiger partial charge in [-0.25, -0.2) is 15.0 Å². The SMILES string of the molecule is CN1C(=O)c2c(ncn2CC(=O)Nc2ccc(-c3ccncn3)cc2)N(C)C1O. The Bertz CT molecular complexity index is 1050. The molecule has 148 valence electrons. The molecule has 0 spiro atoms. The van der Waals surface area contributed by atoms with Gasteiger partial charge in [0.05, 0.1) is 12.0 Å². The van der Waals surface area contributed by atoms with Crippen molar-refractivity contribution < 1.29 is 14.7 Å². The number of aromatic nitrogens is 4. The number of aliphatic hydroxyl groups is 1. The summed E-state index contributed by atoms with van der Waals surface area (Å²) in [5.74, 6) is -0.364. The van der Waals surface area contributed by atoms with E-state index in [4.69, 9.17) is 0 Å². The Morgan fingerprint density at radius 2 is 1.90 bits per heavy atom. The van der Waals surface area contributed by atoms with Crippen LogP contribution >= 0.6 is 0 Å². The van der Waals surface area contributed by atoms with E-state index in [1.807, 2.05) is 12.1 Å². The highest BCUT2D eigenvalue weighted by Crippen LogP contribution is 2.27. The monoisotopic (exact) mass is 393 g/mol.